The minimum absolute atomic E-state index is 0.0381. The van der Waals surface area contributed by atoms with Gasteiger partial charge in [0.1, 0.15) is 24.9 Å². The molecule has 31 heavy (non-hydrogen) atoms. The maximum Gasteiger partial charge on any atom is 0.163 e. The Kier molecular flexibility index (Phi) is 6.67. The lowest BCUT2D eigenvalue weighted by Crippen LogP contribution is -2.51. The first-order valence-electron chi connectivity index (χ1n) is 10.0. The molecule has 2 aromatic carbocycles. The topological polar surface area (TPSA) is 77.5 Å². The average molecular weight is 463 g/mol. The van der Waals surface area contributed by atoms with Crippen molar-refractivity contribution in [3.63, 3.8) is 0 Å². The second-order valence-corrected chi connectivity index (χ2v) is 8.28. The van der Waals surface area contributed by atoms with E-state index in [4.69, 9.17) is 37.4 Å². The van der Waals surface area contributed by atoms with Crippen molar-refractivity contribution in [3.05, 3.63) is 46.7 Å². The van der Waals surface area contributed by atoms with Crippen molar-refractivity contribution in [2.75, 3.05) is 25.6 Å². The highest BCUT2D eigenvalue weighted by Crippen LogP contribution is 2.35. The summed E-state index contributed by atoms with van der Waals surface area (Å²) in [7, 11) is 1.60. The van der Waals surface area contributed by atoms with Gasteiger partial charge in [-0.1, -0.05) is 23.2 Å². The third-order valence-corrected chi connectivity index (χ3v) is 6.05. The van der Waals surface area contributed by atoms with Crippen molar-refractivity contribution in [1.82, 2.24) is 15.3 Å². The Labute approximate surface area is 191 Å². The van der Waals surface area contributed by atoms with E-state index in [-0.39, 0.29) is 12.2 Å². The molecule has 164 valence electrons. The maximum absolute atomic E-state index is 6.13. The summed E-state index contributed by atoms with van der Waals surface area (Å²) in [6.45, 7) is 5.31. The second-order valence-electron chi connectivity index (χ2n) is 7.47. The number of ether oxygens (including phenoxy) is 3. The van der Waals surface area contributed by atoms with E-state index in [9.17, 15) is 0 Å². The zero-order valence-corrected chi connectivity index (χ0v) is 19.0. The first-order chi connectivity index (χ1) is 14.9. The standard InChI is InChI=1S/C22H24Cl2N4O3/c1-12-13(2)31-15(9-25-12)10-30-21-8-19-16(7-20(21)29-3)22(27-11-26-19)28-14-4-5-17(23)18(24)6-14/h4-8,11-13,15,25H,9-10H2,1-3H3,(H,26,27,28)/t12?,13?,15-/m1/s1. The van der Waals surface area contributed by atoms with Crippen LogP contribution < -0.4 is 20.1 Å². The molecule has 9 heteroatoms. The Balaban J connectivity index is 1.57. The Morgan fingerprint density at radius 1 is 1.13 bits per heavy atom. The van der Waals surface area contributed by atoms with Gasteiger partial charge in [0.15, 0.2) is 11.5 Å². The van der Waals surface area contributed by atoms with E-state index in [0.29, 0.717) is 40.0 Å². The molecule has 1 fully saturated rings. The summed E-state index contributed by atoms with van der Waals surface area (Å²) in [6.07, 6.45) is 1.59. The Morgan fingerprint density at radius 3 is 2.71 bits per heavy atom. The van der Waals surface area contributed by atoms with Crippen LogP contribution in [0.25, 0.3) is 10.9 Å². The molecule has 0 saturated carbocycles. The fourth-order valence-corrected chi connectivity index (χ4v) is 3.68. The van der Waals surface area contributed by atoms with Crippen molar-refractivity contribution in [2.24, 2.45) is 0 Å². The molecule has 0 aliphatic carbocycles. The molecule has 1 aliphatic rings. The lowest BCUT2D eigenvalue weighted by molar-refractivity contribution is -0.0663. The number of hydrogen-bond acceptors (Lipinski definition) is 7. The maximum atomic E-state index is 6.13. The van der Waals surface area contributed by atoms with Gasteiger partial charge in [0, 0.05) is 29.7 Å². The Bertz CT molecular complexity index is 1080. The smallest absolute Gasteiger partial charge is 0.163 e. The van der Waals surface area contributed by atoms with Crippen LogP contribution in [0.2, 0.25) is 10.0 Å². The van der Waals surface area contributed by atoms with E-state index >= 15 is 0 Å². The van der Waals surface area contributed by atoms with Crippen LogP contribution in [0, 0.1) is 0 Å². The highest BCUT2D eigenvalue weighted by Gasteiger charge is 2.25. The third kappa shape index (κ3) is 4.96. The first kappa shape index (κ1) is 21.9. The molecule has 7 nitrogen and oxygen atoms in total. The highest BCUT2D eigenvalue weighted by molar-refractivity contribution is 6.42. The minimum atomic E-state index is -0.0381. The van der Waals surface area contributed by atoms with Gasteiger partial charge < -0.3 is 24.8 Å². The molecule has 4 rings (SSSR count). The van der Waals surface area contributed by atoms with E-state index in [1.54, 1.807) is 19.2 Å². The number of aromatic nitrogens is 2. The van der Waals surface area contributed by atoms with E-state index in [1.165, 1.54) is 6.33 Å². The Morgan fingerprint density at radius 2 is 1.97 bits per heavy atom. The minimum Gasteiger partial charge on any atom is -0.493 e. The number of methoxy groups -OCH3 is 1. The zero-order chi connectivity index (χ0) is 22.0. The summed E-state index contributed by atoms with van der Waals surface area (Å²) in [5, 5.41) is 8.43. The van der Waals surface area contributed by atoms with Gasteiger partial charge in [-0.2, -0.15) is 0 Å². The summed E-state index contributed by atoms with van der Waals surface area (Å²) in [5.41, 5.74) is 1.48. The quantitative estimate of drug-likeness (QED) is 0.542. The van der Waals surface area contributed by atoms with E-state index < -0.39 is 0 Å². The van der Waals surface area contributed by atoms with Crippen molar-refractivity contribution in [2.45, 2.75) is 32.1 Å². The molecule has 0 amide bonds. The molecule has 2 unspecified atom stereocenters. The lowest BCUT2D eigenvalue weighted by Gasteiger charge is -2.33. The van der Waals surface area contributed by atoms with Gasteiger partial charge in [-0.25, -0.2) is 9.97 Å². The molecule has 0 bridgehead atoms. The number of nitrogens with zero attached hydrogens (tertiary/aromatic N) is 2. The summed E-state index contributed by atoms with van der Waals surface area (Å²) in [4.78, 5) is 8.76. The number of morpholine rings is 1. The van der Waals surface area contributed by atoms with Gasteiger partial charge in [-0.3, -0.25) is 0 Å². The fourth-order valence-electron chi connectivity index (χ4n) is 3.38. The Hall–Kier alpha value is -2.32. The van der Waals surface area contributed by atoms with Gasteiger partial charge in [0.25, 0.3) is 0 Å². The summed E-state index contributed by atoms with van der Waals surface area (Å²) in [6, 6.07) is 9.33. The molecule has 1 aromatic heterocycles. The molecule has 1 saturated heterocycles. The van der Waals surface area contributed by atoms with Gasteiger partial charge >= 0.3 is 0 Å². The largest absolute Gasteiger partial charge is 0.493 e. The molecule has 1 aliphatic heterocycles. The van der Waals surface area contributed by atoms with Gasteiger partial charge in [-0.15, -0.1) is 0 Å². The van der Waals surface area contributed by atoms with Crippen LogP contribution in [-0.2, 0) is 4.74 Å². The molecule has 2 N–H and O–H groups in total. The molecule has 0 spiro atoms. The number of fused-ring (bicyclic) bond motifs is 1. The van der Waals surface area contributed by atoms with Crippen LogP contribution in [0.4, 0.5) is 11.5 Å². The lowest BCUT2D eigenvalue weighted by atomic mass is 10.1. The van der Waals surface area contributed by atoms with E-state index in [1.807, 2.05) is 18.2 Å². The zero-order valence-electron chi connectivity index (χ0n) is 17.5. The number of benzene rings is 2. The molecular weight excluding hydrogens is 439 g/mol. The summed E-state index contributed by atoms with van der Waals surface area (Å²) in [5.74, 6) is 1.81. The third-order valence-electron chi connectivity index (χ3n) is 5.31. The number of rotatable bonds is 6. The van der Waals surface area contributed by atoms with Crippen molar-refractivity contribution < 1.29 is 14.2 Å². The van der Waals surface area contributed by atoms with Crippen molar-refractivity contribution >= 4 is 45.6 Å². The van der Waals surface area contributed by atoms with Crippen molar-refractivity contribution in [3.8, 4) is 11.5 Å². The molecule has 3 aromatic rings. The number of halogens is 2. The van der Waals surface area contributed by atoms with Crippen LogP contribution >= 0.6 is 23.2 Å². The van der Waals surface area contributed by atoms with Crippen LogP contribution in [-0.4, -0.2) is 48.5 Å². The van der Waals surface area contributed by atoms with Crippen LogP contribution in [0.15, 0.2) is 36.7 Å². The molecular formula is C22H24Cl2N4O3. The first-order valence-corrected chi connectivity index (χ1v) is 10.8. The second kappa shape index (κ2) is 9.44. The predicted octanol–water partition coefficient (Wildman–Crippen LogP) is 4.83. The SMILES string of the molecule is COc1cc2c(Nc3ccc(Cl)c(Cl)c3)ncnc2cc1OC[C@H]1CNC(C)C(C)O1. The number of nitrogens with one attached hydrogen (secondary N) is 2. The van der Waals surface area contributed by atoms with Crippen LogP contribution in [0.1, 0.15) is 13.8 Å². The molecule has 0 radical (unpaired) electrons. The monoisotopic (exact) mass is 462 g/mol. The fraction of sp³-hybridized carbons (Fsp3) is 0.364. The van der Waals surface area contributed by atoms with E-state index in [2.05, 4.69) is 34.4 Å². The highest BCUT2D eigenvalue weighted by atomic mass is 35.5. The van der Waals surface area contributed by atoms with Crippen LogP contribution in [0.5, 0.6) is 11.5 Å². The molecule has 3 atom stereocenters. The average Bonchev–Trinajstić information content (AvgIpc) is 2.76. The number of hydrogen-bond donors (Lipinski definition) is 2. The van der Waals surface area contributed by atoms with Crippen LogP contribution in [0.3, 0.4) is 0 Å². The molecule has 2 heterocycles. The summed E-state index contributed by atoms with van der Waals surface area (Å²) >= 11 is 12.1. The normalized spacial score (nSPS) is 21.1. The van der Waals surface area contributed by atoms with Gasteiger partial charge in [0.2, 0.25) is 0 Å². The number of anilines is 2. The predicted molar refractivity (Wildman–Crippen MR) is 123 cm³/mol. The van der Waals surface area contributed by atoms with Gasteiger partial charge in [-0.05, 0) is 38.1 Å². The van der Waals surface area contributed by atoms with Gasteiger partial charge in [0.05, 0.1) is 28.8 Å². The van der Waals surface area contributed by atoms with Crippen molar-refractivity contribution in [1.29, 1.82) is 0 Å². The summed E-state index contributed by atoms with van der Waals surface area (Å²) < 4.78 is 17.6. The van der Waals surface area contributed by atoms with E-state index in [0.717, 1.165) is 23.1 Å².